The Balaban J connectivity index is 2.29. The molecule has 0 aliphatic rings. The molecule has 2 nitrogen and oxygen atoms in total. The summed E-state index contributed by atoms with van der Waals surface area (Å²) in [6.45, 7) is 0. The second kappa shape index (κ2) is 7.64. The molecule has 0 aliphatic carbocycles. The van der Waals surface area contributed by atoms with Crippen LogP contribution in [-0.2, 0) is 6.42 Å². The highest BCUT2D eigenvalue weighted by Crippen LogP contribution is 2.38. The third-order valence-electron chi connectivity index (χ3n) is 3.61. The number of benzene rings is 2. The summed E-state index contributed by atoms with van der Waals surface area (Å²) >= 11 is 25.3. The van der Waals surface area contributed by atoms with Gasteiger partial charge in [-0.05, 0) is 42.0 Å². The van der Waals surface area contributed by atoms with E-state index in [4.69, 9.17) is 51.7 Å². The molecule has 0 saturated heterocycles. The van der Waals surface area contributed by atoms with E-state index < -0.39 is 0 Å². The highest BCUT2D eigenvalue weighted by atomic mass is 35.5. The Morgan fingerprint density at radius 3 is 1.52 bits per heavy atom. The Hall–Kier alpha value is -1.76. The van der Waals surface area contributed by atoms with Gasteiger partial charge < -0.3 is 0 Å². The van der Waals surface area contributed by atoms with Crippen LogP contribution >= 0.6 is 46.4 Å². The van der Waals surface area contributed by atoms with Crippen molar-refractivity contribution in [3.05, 3.63) is 74.2 Å². The van der Waals surface area contributed by atoms with E-state index in [1.165, 1.54) is 0 Å². The molecule has 0 N–H and O–H groups in total. The summed E-state index contributed by atoms with van der Waals surface area (Å²) in [4.78, 5) is 4.65. The molecule has 0 spiro atoms. The summed E-state index contributed by atoms with van der Waals surface area (Å²) in [5.41, 5.74) is 3.11. The lowest BCUT2D eigenvalue weighted by Crippen LogP contribution is -1.95. The molecular weight excluding hydrogens is 398 g/mol. The van der Waals surface area contributed by atoms with Gasteiger partial charge in [-0.25, -0.2) is 4.98 Å². The summed E-state index contributed by atoms with van der Waals surface area (Å²) in [7, 11) is 0. The van der Waals surface area contributed by atoms with Crippen LogP contribution in [0.15, 0.2) is 48.5 Å². The van der Waals surface area contributed by atoms with Crippen LogP contribution in [0.2, 0.25) is 20.1 Å². The zero-order valence-corrected chi connectivity index (χ0v) is 15.8. The van der Waals surface area contributed by atoms with Gasteiger partial charge in [-0.2, -0.15) is 5.26 Å². The van der Waals surface area contributed by atoms with E-state index in [0.717, 1.165) is 5.56 Å². The van der Waals surface area contributed by atoms with Gasteiger partial charge in [0.2, 0.25) is 0 Å². The topological polar surface area (TPSA) is 36.7 Å². The highest BCUT2D eigenvalue weighted by molar-refractivity contribution is 6.40. The Morgan fingerprint density at radius 2 is 1.16 bits per heavy atom. The smallest absolute Gasteiger partial charge is 0.0742 e. The van der Waals surface area contributed by atoms with Gasteiger partial charge in [-0.1, -0.05) is 58.5 Å². The number of rotatable bonds is 3. The predicted molar refractivity (Wildman–Crippen MR) is 104 cm³/mol. The Kier molecular flexibility index (Phi) is 5.51. The van der Waals surface area contributed by atoms with Crippen molar-refractivity contribution in [2.45, 2.75) is 6.42 Å². The van der Waals surface area contributed by atoms with E-state index in [9.17, 15) is 0 Å². The molecule has 0 aliphatic heterocycles. The van der Waals surface area contributed by atoms with Crippen LogP contribution in [0, 0.1) is 11.3 Å². The first-order valence-electron chi connectivity index (χ1n) is 7.28. The average Bonchev–Trinajstić information content (AvgIpc) is 2.55. The second-order valence-electron chi connectivity index (χ2n) is 5.27. The van der Waals surface area contributed by atoms with Gasteiger partial charge in [0.15, 0.2) is 0 Å². The van der Waals surface area contributed by atoms with Crippen molar-refractivity contribution in [3.8, 4) is 28.6 Å². The van der Waals surface area contributed by atoms with Gasteiger partial charge in [0.25, 0.3) is 0 Å². The molecule has 0 fully saturated rings. The lowest BCUT2D eigenvalue weighted by molar-refractivity contribution is 1.22. The summed E-state index contributed by atoms with van der Waals surface area (Å²) in [6, 6.07) is 16.2. The van der Waals surface area contributed by atoms with Gasteiger partial charge in [0.1, 0.15) is 0 Å². The molecule has 0 amide bonds. The van der Waals surface area contributed by atoms with Crippen molar-refractivity contribution >= 4 is 46.4 Å². The van der Waals surface area contributed by atoms with Crippen LogP contribution in [0.1, 0.15) is 5.56 Å². The van der Waals surface area contributed by atoms with Gasteiger partial charge in [0, 0.05) is 11.1 Å². The third-order valence-corrected chi connectivity index (χ3v) is 4.87. The van der Waals surface area contributed by atoms with Crippen LogP contribution in [-0.4, -0.2) is 4.98 Å². The fourth-order valence-corrected chi connectivity index (χ4v) is 3.70. The SMILES string of the molecule is N#CCc1cc(-c2c(Cl)cccc2Cl)nc(-c2c(Cl)cccc2Cl)c1. The molecular formula is C19H10Cl4N2. The minimum Gasteiger partial charge on any atom is -0.248 e. The zero-order valence-electron chi connectivity index (χ0n) is 12.7. The van der Waals surface area contributed by atoms with E-state index in [1.807, 2.05) is 0 Å². The molecule has 0 unspecified atom stereocenters. The summed E-state index contributed by atoms with van der Waals surface area (Å²) in [5, 5.41) is 11.0. The Morgan fingerprint density at radius 1 is 0.760 bits per heavy atom. The highest BCUT2D eigenvalue weighted by Gasteiger charge is 2.16. The first-order valence-corrected chi connectivity index (χ1v) is 8.79. The van der Waals surface area contributed by atoms with Crippen molar-refractivity contribution in [1.82, 2.24) is 4.98 Å². The minimum absolute atomic E-state index is 0.215. The second-order valence-corrected chi connectivity index (χ2v) is 6.90. The van der Waals surface area contributed by atoms with Gasteiger partial charge in [0.05, 0.1) is 44.0 Å². The molecule has 0 saturated carbocycles. The van der Waals surface area contributed by atoms with E-state index in [-0.39, 0.29) is 6.42 Å². The molecule has 124 valence electrons. The van der Waals surface area contributed by atoms with E-state index in [2.05, 4.69) is 11.1 Å². The minimum atomic E-state index is 0.215. The van der Waals surface area contributed by atoms with Crippen LogP contribution in [0.4, 0.5) is 0 Å². The van der Waals surface area contributed by atoms with E-state index in [0.29, 0.717) is 42.6 Å². The quantitative estimate of drug-likeness (QED) is 0.464. The van der Waals surface area contributed by atoms with Crippen molar-refractivity contribution in [3.63, 3.8) is 0 Å². The number of halogens is 4. The summed E-state index contributed by atoms with van der Waals surface area (Å²) < 4.78 is 0. The molecule has 0 bridgehead atoms. The summed E-state index contributed by atoms with van der Waals surface area (Å²) in [6.07, 6.45) is 0.215. The number of nitrogens with zero attached hydrogens (tertiary/aromatic N) is 2. The van der Waals surface area contributed by atoms with E-state index >= 15 is 0 Å². The molecule has 2 aromatic carbocycles. The normalized spacial score (nSPS) is 10.5. The molecule has 1 heterocycles. The molecule has 1 aromatic heterocycles. The van der Waals surface area contributed by atoms with Crippen LogP contribution in [0.25, 0.3) is 22.5 Å². The predicted octanol–water partition coefficient (Wildman–Crippen LogP) is 7.10. The summed E-state index contributed by atoms with van der Waals surface area (Å²) in [5.74, 6) is 0. The Labute approximate surface area is 165 Å². The number of pyridine rings is 1. The lowest BCUT2D eigenvalue weighted by atomic mass is 10.0. The van der Waals surface area contributed by atoms with Crippen molar-refractivity contribution < 1.29 is 0 Å². The van der Waals surface area contributed by atoms with E-state index in [1.54, 1.807) is 48.5 Å². The molecule has 3 aromatic rings. The first kappa shape index (κ1) is 18.0. The number of nitriles is 1. The fraction of sp³-hybridized carbons (Fsp3) is 0.0526. The molecule has 25 heavy (non-hydrogen) atoms. The third kappa shape index (κ3) is 3.76. The van der Waals surface area contributed by atoms with Gasteiger partial charge >= 0.3 is 0 Å². The van der Waals surface area contributed by atoms with Crippen LogP contribution < -0.4 is 0 Å². The van der Waals surface area contributed by atoms with Gasteiger partial charge in [-0.3, -0.25) is 0 Å². The van der Waals surface area contributed by atoms with Crippen LogP contribution in [0.5, 0.6) is 0 Å². The monoisotopic (exact) mass is 406 g/mol. The molecule has 0 radical (unpaired) electrons. The number of aromatic nitrogens is 1. The maximum atomic E-state index is 9.09. The zero-order chi connectivity index (χ0) is 18.0. The van der Waals surface area contributed by atoms with Gasteiger partial charge in [-0.15, -0.1) is 0 Å². The molecule has 0 atom stereocenters. The lowest BCUT2D eigenvalue weighted by Gasteiger charge is -2.12. The van der Waals surface area contributed by atoms with Crippen LogP contribution in [0.3, 0.4) is 0 Å². The molecule has 6 heteroatoms. The van der Waals surface area contributed by atoms with Crippen molar-refractivity contribution in [1.29, 1.82) is 5.26 Å². The number of hydrogen-bond acceptors (Lipinski definition) is 2. The molecule has 3 rings (SSSR count). The standard InChI is InChI=1S/C19H10Cl4N2/c20-12-3-1-4-13(21)18(12)16-9-11(7-8-24)10-17(25-16)19-14(22)5-2-6-15(19)23/h1-6,9-10H,7H2. The van der Waals surface area contributed by atoms with Crippen molar-refractivity contribution in [2.75, 3.05) is 0 Å². The average molecular weight is 408 g/mol. The maximum Gasteiger partial charge on any atom is 0.0742 e. The Bertz CT molecular complexity index is 883. The van der Waals surface area contributed by atoms with Crippen molar-refractivity contribution in [2.24, 2.45) is 0 Å². The maximum absolute atomic E-state index is 9.09. The largest absolute Gasteiger partial charge is 0.248 e. The first-order chi connectivity index (χ1) is 12.0. The fourth-order valence-electron chi connectivity index (χ4n) is 2.52. The number of hydrogen-bond donors (Lipinski definition) is 0.